The lowest BCUT2D eigenvalue weighted by atomic mass is 9.88. The SMILES string of the molecule is Cc1cccc(CN(C)CC2CC3CCC2C3)c1O. The summed E-state index contributed by atoms with van der Waals surface area (Å²) in [4.78, 5) is 2.39. The molecule has 0 radical (unpaired) electrons. The third-order valence-electron chi connectivity index (χ3n) is 5.19. The maximum atomic E-state index is 10.1. The second-order valence-corrected chi connectivity index (χ2v) is 6.71. The zero-order valence-electron chi connectivity index (χ0n) is 12.1. The van der Waals surface area contributed by atoms with Gasteiger partial charge < -0.3 is 10.0 Å². The van der Waals surface area contributed by atoms with Crippen LogP contribution in [0.5, 0.6) is 5.75 Å². The lowest BCUT2D eigenvalue weighted by molar-refractivity contribution is 0.213. The van der Waals surface area contributed by atoms with E-state index in [2.05, 4.69) is 11.9 Å². The molecule has 2 aliphatic carbocycles. The van der Waals surface area contributed by atoms with E-state index in [1.54, 1.807) is 0 Å². The van der Waals surface area contributed by atoms with Crippen LogP contribution in [0.4, 0.5) is 0 Å². The molecule has 1 N–H and O–H groups in total. The molecule has 19 heavy (non-hydrogen) atoms. The Kier molecular flexibility index (Phi) is 3.53. The summed E-state index contributed by atoms with van der Waals surface area (Å²) in [5, 5.41) is 10.1. The van der Waals surface area contributed by atoms with Gasteiger partial charge in [-0.15, -0.1) is 0 Å². The van der Waals surface area contributed by atoms with Crippen LogP contribution in [0, 0.1) is 24.7 Å². The van der Waals surface area contributed by atoms with E-state index in [4.69, 9.17) is 0 Å². The number of phenols is 1. The number of hydrogen-bond acceptors (Lipinski definition) is 2. The van der Waals surface area contributed by atoms with Gasteiger partial charge in [-0.25, -0.2) is 0 Å². The Morgan fingerprint density at radius 2 is 2.11 bits per heavy atom. The number of para-hydroxylation sites is 1. The Labute approximate surface area is 116 Å². The summed E-state index contributed by atoms with van der Waals surface area (Å²) in [6.07, 6.45) is 5.85. The van der Waals surface area contributed by atoms with Gasteiger partial charge in [0, 0.05) is 18.7 Å². The van der Waals surface area contributed by atoms with Crippen LogP contribution in [0.1, 0.15) is 36.8 Å². The van der Waals surface area contributed by atoms with Gasteiger partial charge >= 0.3 is 0 Å². The van der Waals surface area contributed by atoms with Crippen LogP contribution >= 0.6 is 0 Å². The first-order valence-corrected chi connectivity index (χ1v) is 7.59. The molecule has 104 valence electrons. The Hall–Kier alpha value is -1.02. The van der Waals surface area contributed by atoms with Gasteiger partial charge in [0.2, 0.25) is 0 Å². The predicted octanol–water partition coefficient (Wildman–Crippen LogP) is 3.57. The van der Waals surface area contributed by atoms with Gasteiger partial charge in [-0.05, 0) is 56.6 Å². The quantitative estimate of drug-likeness (QED) is 0.893. The molecule has 2 aliphatic rings. The molecule has 3 atom stereocenters. The standard InChI is InChI=1S/C17H25NO/c1-12-4-3-5-15(17(12)19)10-18(2)11-16-9-13-6-7-14(16)8-13/h3-5,13-14,16,19H,6-11H2,1-2H3. The number of hydrogen-bond donors (Lipinski definition) is 1. The van der Waals surface area contributed by atoms with E-state index < -0.39 is 0 Å². The maximum Gasteiger partial charge on any atom is 0.122 e. The number of phenolic OH excluding ortho intramolecular Hbond substituents is 1. The highest BCUT2D eigenvalue weighted by Crippen LogP contribution is 2.48. The zero-order valence-corrected chi connectivity index (χ0v) is 12.1. The molecule has 0 heterocycles. The van der Waals surface area contributed by atoms with Crippen LogP contribution < -0.4 is 0 Å². The zero-order chi connectivity index (χ0) is 13.4. The third-order valence-corrected chi connectivity index (χ3v) is 5.19. The highest BCUT2D eigenvalue weighted by molar-refractivity contribution is 5.39. The minimum atomic E-state index is 0.474. The van der Waals surface area contributed by atoms with Gasteiger partial charge in [-0.2, -0.15) is 0 Å². The molecule has 1 aromatic carbocycles. The first kappa shape index (κ1) is 13.0. The van der Waals surface area contributed by atoms with E-state index in [0.29, 0.717) is 5.75 Å². The van der Waals surface area contributed by atoms with Crippen LogP contribution in [0.25, 0.3) is 0 Å². The van der Waals surface area contributed by atoms with Crippen molar-refractivity contribution in [1.29, 1.82) is 0 Å². The van der Waals surface area contributed by atoms with Crippen LogP contribution in [0.15, 0.2) is 18.2 Å². The molecule has 2 bridgehead atoms. The lowest BCUT2D eigenvalue weighted by Crippen LogP contribution is -2.28. The maximum absolute atomic E-state index is 10.1. The summed E-state index contributed by atoms with van der Waals surface area (Å²) in [6, 6.07) is 6.05. The molecule has 0 spiro atoms. The molecule has 0 saturated heterocycles. The Morgan fingerprint density at radius 1 is 1.26 bits per heavy atom. The molecular formula is C17H25NO. The largest absolute Gasteiger partial charge is 0.507 e. The average molecular weight is 259 g/mol. The van der Waals surface area contributed by atoms with Crippen molar-refractivity contribution in [2.75, 3.05) is 13.6 Å². The van der Waals surface area contributed by atoms with Crippen LogP contribution in [-0.4, -0.2) is 23.6 Å². The van der Waals surface area contributed by atoms with Crippen molar-refractivity contribution >= 4 is 0 Å². The third kappa shape index (κ3) is 2.64. The molecule has 1 aromatic rings. The lowest BCUT2D eigenvalue weighted by Gasteiger charge is -2.27. The Balaban J connectivity index is 1.59. The van der Waals surface area contributed by atoms with Crippen LogP contribution in [-0.2, 0) is 6.54 Å². The summed E-state index contributed by atoms with van der Waals surface area (Å²) >= 11 is 0. The molecule has 2 heteroatoms. The number of rotatable bonds is 4. The summed E-state index contributed by atoms with van der Waals surface area (Å²) < 4.78 is 0. The highest BCUT2D eigenvalue weighted by atomic mass is 16.3. The molecule has 0 aliphatic heterocycles. The average Bonchev–Trinajstić information content (AvgIpc) is 2.97. The van der Waals surface area contributed by atoms with E-state index in [1.807, 2.05) is 25.1 Å². The topological polar surface area (TPSA) is 23.5 Å². The van der Waals surface area contributed by atoms with Crippen LogP contribution in [0.2, 0.25) is 0 Å². The monoisotopic (exact) mass is 259 g/mol. The molecule has 3 unspecified atom stereocenters. The summed E-state index contributed by atoms with van der Waals surface area (Å²) in [6.45, 7) is 4.02. The normalized spacial score (nSPS) is 29.3. The number of aryl methyl sites for hydroxylation is 1. The first-order valence-electron chi connectivity index (χ1n) is 7.59. The molecule has 2 fully saturated rings. The molecule has 3 rings (SSSR count). The smallest absolute Gasteiger partial charge is 0.122 e. The fourth-order valence-corrected chi connectivity index (χ4v) is 4.20. The fourth-order valence-electron chi connectivity index (χ4n) is 4.20. The predicted molar refractivity (Wildman–Crippen MR) is 78.1 cm³/mol. The van der Waals surface area contributed by atoms with Crippen molar-refractivity contribution in [2.24, 2.45) is 17.8 Å². The van der Waals surface area contributed by atoms with E-state index in [9.17, 15) is 5.11 Å². The van der Waals surface area contributed by atoms with E-state index in [1.165, 1.54) is 32.2 Å². The van der Waals surface area contributed by atoms with E-state index in [0.717, 1.165) is 35.4 Å². The fraction of sp³-hybridized carbons (Fsp3) is 0.647. The van der Waals surface area contributed by atoms with Gasteiger partial charge in [0.05, 0.1) is 0 Å². The Morgan fingerprint density at radius 3 is 2.79 bits per heavy atom. The van der Waals surface area contributed by atoms with E-state index >= 15 is 0 Å². The van der Waals surface area contributed by atoms with Gasteiger partial charge in [0.1, 0.15) is 5.75 Å². The summed E-state index contributed by atoms with van der Waals surface area (Å²) in [5.41, 5.74) is 2.04. The van der Waals surface area contributed by atoms with Gasteiger partial charge in [0.25, 0.3) is 0 Å². The second kappa shape index (κ2) is 5.16. The highest BCUT2D eigenvalue weighted by Gasteiger charge is 2.39. The van der Waals surface area contributed by atoms with Crippen molar-refractivity contribution in [2.45, 2.75) is 39.2 Å². The Bertz CT molecular complexity index is 457. The van der Waals surface area contributed by atoms with Crippen LogP contribution in [0.3, 0.4) is 0 Å². The number of aromatic hydroxyl groups is 1. The number of fused-ring (bicyclic) bond motifs is 2. The van der Waals surface area contributed by atoms with E-state index in [-0.39, 0.29) is 0 Å². The molecular weight excluding hydrogens is 234 g/mol. The first-order chi connectivity index (χ1) is 9.13. The summed E-state index contributed by atoms with van der Waals surface area (Å²) in [5.74, 6) is 3.38. The molecule has 0 amide bonds. The number of nitrogens with zero attached hydrogens (tertiary/aromatic N) is 1. The van der Waals surface area contributed by atoms with Crippen molar-refractivity contribution in [3.63, 3.8) is 0 Å². The molecule has 2 saturated carbocycles. The van der Waals surface area contributed by atoms with Crippen molar-refractivity contribution in [3.05, 3.63) is 29.3 Å². The van der Waals surface area contributed by atoms with Gasteiger partial charge in [0.15, 0.2) is 0 Å². The van der Waals surface area contributed by atoms with Gasteiger partial charge in [-0.3, -0.25) is 0 Å². The summed E-state index contributed by atoms with van der Waals surface area (Å²) in [7, 11) is 2.19. The molecule has 0 aromatic heterocycles. The minimum Gasteiger partial charge on any atom is -0.507 e. The molecule has 2 nitrogen and oxygen atoms in total. The van der Waals surface area contributed by atoms with Crippen molar-refractivity contribution < 1.29 is 5.11 Å². The van der Waals surface area contributed by atoms with Crippen molar-refractivity contribution in [3.8, 4) is 5.75 Å². The van der Waals surface area contributed by atoms with Gasteiger partial charge in [-0.1, -0.05) is 24.6 Å². The minimum absolute atomic E-state index is 0.474. The number of benzene rings is 1. The second-order valence-electron chi connectivity index (χ2n) is 6.71. The van der Waals surface area contributed by atoms with Crippen molar-refractivity contribution in [1.82, 2.24) is 4.90 Å².